The van der Waals surface area contributed by atoms with Crippen molar-refractivity contribution in [1.82, 2.24) is 14.5 Å². The lowest BCUT2D eigenvalue weighted by Gasteiger charge is -2.39. The van der Waals surface area contributed by atoms with Crippen molar-refractivity contribution in [2.45, 2.75) is 58.9 Å². The molecule has 2 saturated heterocycles. The molecule has 0 bridgehead atoms. The lowest BCUT2D eigenvalue weighted by atomic mass is 9.92. The van der Waals surface area contributed by atoms with Gasteiger partial charge in [0.2, 0.25) is 15.9 Å². The largest absolute Gasteiger partial charge is 0.379 e. The van der Waals surface area contributed by atoms with Crippen molar-refractivity contribution in [3.63, 3.8) is 0 Å². The van der Waals surface area contributed by atoms with Crippen LogP contribution < -0.4 is 5.32 Å². The van der Waals surface area contributed by atoms with Crippen LogP contribution in [0.2, 0.25) is 0 Å². The van der Waals surface area contributed by atoms with Gasteiger partial charge < -0.3 is 10.1 Å². The molecule has 2 aliphatic heterocycles. The highest BCUT2D eigenvalue weighted by molar-refractivity contribution is 7.89. The molecule has 2 heterocycles. The van der Waals surface area contributed by atoms with E-state index in [1.54, 1.807) is 0 Å². The Morgan fingerprint density at radius 1 is 1.14 bits per heavy atom. The van der Waals surface area contributed by atoms with E-state index in [0.29, 0.717) is 38.0 Å². The molecule has 2 rings (SSSR count). The summed E-state index contributed by atoms with van der Waals surface area (Å²) in [6.45, 7) is 11.1. The Kier molecular flexibility index (Phi) is 9.66. The summed E-state index contributed by atoms with van der Waals surface area (Å²) in [5.41, 5.74) is 0. The van der Waals surface area contributed by atoms with E-state index < -0.39 is 10.0 Å². The predicted octanol–water partition coefficient (Wildman–Crippen LogP) is 1.69. The molecule has 0 spiro atoms. The smallest absolute Gasteiger partial charge is 0.224 e. The second kappa shape index (κ2) is 11.5. The van der Waals surface area contributed by atoms with Gasteiger partial charge in [-0.3, -0.25) is 9.69 Å². The number of hydrogen-bond donors (Lipinski definition) is 1. The van der Waals surface area contributed by atoms with Gasteiger partial charge in [-0.25, -0.2) is 12.7 Å². The quantitative estimate of drug-likeness (QED) is 0.585. The summed E-state index contributed by atoms with van der Waals surface area (Å²) in [6.07, 6.45) is 4.28. The van der Waals surface area contributed by atoms with E-state index in [0.717, 1.165) is 52.0 Å². The summed E-state index contributed by atoms with van der Waals surface area (Å²) < 4.78 is 31.7. The van der Waals surface area contributed by atoms with Crippen LogP contribution >= 0.6 is 0 Å². The fourth-order valence-corrected chi connectivity index (χ4v) is 6.07. The van der Waals surface area contributed by atoms with E-state index in [1.165, 1.54) is 4.31 Å². The van der Waals surface area contributed by atoms with Crippen molar-refractivity contribution in [3.8, 4) is 0 Å². The molecule has 164 valence electrons. The Morgan fingerprint density at radius 3 is 2.43 bits per heavy atom. The van der Waals surface area contributed by atoms with E-state index in [1.807, 2.05) is 6.92 Å². The molecule has 7 nitrogen and oxygen atoms in total. The van der Waals surface area contributed by atoms with Crippen LogP contribution in [0.5, 0.6) is 0 Å². The Hall–Kier alpha value is -0.700. The summed E-state index contributed by atoms with van der Waals surface area (Å²) in [5.74, 6) is 0.453. The van der Waals surface area contributed by atoms with Crippen LogP contribution in [-0.4, -0.2) is 81.3 Å². The molecule has 0 aliphatic carbocycles. The van der Waals surface area contributed by atoms with Gasteiger partial charge in [-0.05, 0) is 25.2 Å². The topological polar surface area (TPSA) is 79.0 Å². The summed E-state index contributed by atoms with van der Waals surface area (Å²) >= 11 is 0. The van der Waals surface area contributed by atoms with E-state index in [4.69, 9.17) is 4.74 Å². The van der Waals surface area contributed by atoms with E-state index in [-0.39, 0.29) is 17.6 Å². The van der Waals surface area contributed by atoms with Crippen molar-refractivity contribution in [1.29, 1.82) is 0 Å². The number of nitrogens with zero attached hydrogens (tertiary/aromatic N) is 2. The second-order valence-electron chi connectivity index (χ2n) is 8.05. The van der Waals surface area contributed by atoms with Crippen molar-refractivity contribution in [2.75, 3.05) is 51.7 Å². The maximum Gasteiger partial charge on any atom is 0.224 e. The molecule has 0 aromatic rings. The van der Waals surface area contributed by atoms with Crippen LogP contribution in [0.4, 0.5) is 0 Å². The maximum absolute atomic E-state index is 12.8. The number of ether oxygens (including phenoxy) is 1. The number of rotatable bonds is 10. The first-order valence-electron chi connectivity index (χ1n) is 11.0. The van der Waals surface area contributed by atoms with Gasteiger partial charge in [0.1, 0.15) is 0 Å². The van der Waals surface area contributed by atoms with Gasteiger partial charge in [-0.1, -0.05) is 33.6 Å². The fraction of sp³-hybridized carbons (Fsp3) is 0.950. The van der Waals surface area contributed by atoms with Crippen molar-refractivity contribution in [2.24, 2.45) is 11.8 Å². The molecule has 2 fully saturated rings. The molecule has 0 aromatic heterocycles. The minimum Gasteiger partial charge on any atom is -0.379 e. The average Bonchev–Trinajstić information content (AvgIpc) is 2.71. The Labute approximate surface area is 171 Å². The molecule has 0 aromatic carbocycles. The standard InChI is InChI=1S/C20H39N3O4S/c1-4-14-28(25,26)23-9-7-8-18(16-23)20(24)21-15-19(17(5-2)6-3)22-10-12-27-13-11-22/h17-19H,4-16H2,1-3H3,(H,21,24). The summed E-state index contributed by atoms with van der Waals surface area (Å²) in [7, 11) is -3.24. The molecule has 1 N–H and O–H groups in total. The van der Waals surface area contributed by atoms with Gasteiger partial charge >= 0.3 is 0 Å². The van der Waals surface area contributed by atoms with Gasteiger partial charge in [-0.2, -0.15) is 0 Å². The third-order valence-corrected chi connectivity index (χ3v) is 8.25. The molecule has 0 saturated carbocycles. The number of hydrogen-bond acceptors (Lipinski definition) is 5. The molecular formula is C20H39N3O4S. The molecule has 28 heavy (non-hydrogen) atoms. The molecule has 0 radical (unpaired) electrons. The highest BCUT2D eigenvalue weighted by Crippen LogP contribution is 2.22. The van der Waals surface area contributed by atoms with E-state index in [2.05, 4.69) is 24.1 Å². The van der Waals surface area contributed by atoms with Crippen LogP contribution in [0, 0.1) is 11.8 Å². The van der Waals surface area contributed by atoms with Crippen molar-refractivity contribution >= 4 is 15.9 Å². The summed E-state index contributed by atoms with van der Waals surface area (Å²) in [6, 6.07) is 0.311. The molecule has 2 unspecified atom stereocenters. The highest BCUT2D eigenvalue weighted by Gasteiger charge is 2.33. The van der Waals surface area contributed by atoms with Gasteiger partial charge in [0.15, 0.2) is 0 Å². The van der Waals surface area contributed by atoms with Crippen molar-refractivity contribution < 1.29 is 17.9 Å². The number of amides is 1. The van der Waals surface area contributed by atoms with E-state index in [9.17, 15) is 13.2 Å². The van der Waals surface area contributed by atoms with Gasteiger partial charge in [-0.15, -0.1) is 0 Å². The minimum absolute atomic E-state index is 0.000569. The average molecular weight is 418 g/mol. The van der Waals surface area contributed by atoms with E-state index >= 15 is 0 Å². The number of morpholine rings is 1. The zero-order valence-electron chi connectivity index (χ0n) is 17.9. The Morgan fingerprint density at radius 2 is 1.82 bits per heavy atom. The first-order valence-corrected chi connectivity index (χ1v) is 12.6. The van der Waals surface area contributed by atoms with Crippen LogP contribution in [0.25, 0.3) is 0 Å². The Balaban J connectivity index is 1.95. The fourth-order valence-electron chi connectivity index (χ4n) is 4.48. The molecule has 8 heteroatoms. The monoisotopic (exact) mass is 417 g/mol. The normalized spacial score (nSPS) is 23.6. The third-order valence-electron chi connectivity index (χ3n) is 6.20. The summed E-state index contributed by atoms with van der Waals surface area (Å²) in [5, 5.41) is 3.16. The lowest BCUT2D eigenvalue weighted by molar-refractivity contribution is -0.126. The minimum atomic E-state index is -3.24. The van der Waals surface area contributed by atoms with Gasteiger partial charge in [0.05, 0.1) is 24.9 Å². The van der Waals surface area contributed by atoms with Crippen molar-refractivity contribution in [3.05, 3.63) is 0 Å². The lowest BCUT2D eigenvalue weighted by Crippen LogP contribution is -2.53. The van der Waals surface area contributed by atoms with Gasteiger partial charge in [0.25, 0.3) is 0 Å². The first kappa shape index (κ1) is 23.6. The molecule has 1 amide bonds. The zero-order valence-corrected chi connectivity index (χ0v) is 18.7. The third kappa shape index (κ3) is 6.40. The number of sulfonamides is 1. The first-order chi connectivity index (χ1) is 13.4. The van der Waals surface area contributed by atoms with Gasteiger partial charge in [0, 0.05) is 38.8 Å². The number of carbonyl (C=O) groups is 1. The molecule has 2 aliphatic rings. The highest BCUT2D eigenvalue weighted by atomic mass is 32.2. The van der Waals surface area contributed by atoms with Crippen LogP contribution in [0.15, 0.2) is 0 Å². The number of piperidine rings is 1. The predicted molar refractivity (Wildman–Crippen MR) is 112 cm³/mol. The van der Waals surface area contributed by atoms with Crippen LogP contribution in [-0.2, 0) is 19.6 Å². The SMILES string of the molecule is CCCS(=O)(=O)N1CCCC(C(=O)NCC(C(CC)CC)N2CCOCC2)C1. The zero-order chi connectivity index (χ0) is 20.6. The van der Waals surface area contributed by atoms with Crippen LogP contribution in [0.3, 0.4) is 0 Å². The maximum atomic E-state index is 12.8. The number of nitrogens with one attached hydrogen (secondary N) is 1. The Bertz CT molecular complexity index is 574. The second-order valence-corrected chi connectivity index (χ2v) is 10.1. The molecule has 2 atom stereocenters. The molecular weight excluding hydrogens is 378 g/mol. The van der Waals surface area contributed by atoms with Crippen LogP contribution in [0.1, 0.15) is 52.9 Å². The summed E-state index contributed by atoms with van der Waals surface area (Å²) in [4.78, 5) is 15.3. The number of carbonyl (C=O) groups excluding carboxylic acids is 1.